The zero-order valence-electron chi connectivity index (χ0n) is 32.1. The maximum Gasteiger partial charge on any atom is 0.305 e. The minimum Gasteiger partial charge on any atom is -0.493 e. The Hall–Kier alpha value is -5.54. The van der Waals surface area contributed by atoms with Crippen LogP contribution in [0, 0.1) is 5.92 Å². The van der Waals surface area contributed by atoms with E-state index < -0.39 is 28.0 Å². The predicted octanol–water partition coefficient (Wildman–Crippen LogP) is 5.12. The van der Waals surface area contributed by atoms with Gasteiger partial charge in [0.2, 0.25) is 11.8 Å². The van der Waals surface area contributed by atoms with Gasteiger partial charge in [-0.2, -0.15) is 8.42 Å². The number of hydrogen-bond acceptors (Lipinski definition) is 11. The Morgan fingerprint density at radius 3 is 2.36 bits per heavy atom. The number of nitrogens with zero attached hydrogens (tertiary/aromatic N) is 1. The van der Waals surface area contributed by atoms with E-state index in [1.165, 1.54) is 14.2 Å². The molecule has 2 N–H and O–H groups in total. The van der Waals surface area contributed by atoms with Crippen molar-refractivity contribution in [2.75, 3.05) is 30.7 Å². The van der Waals surface area contributed by atoms with E-state index >= 15 is 0 Å². The Balaban J connectivity index is 1.26. The molecule has 14 nitrogen and oxygen atoms in total. The highest BCUT2D eigenvalue weighted by molar-refractivity contribution is 7.85. The Kier molecular flexibility index (Phi) is 13.7. The van der Waals surface area contributed by atoms with Gasteiger partial charge in [0.1, 0.15) is 6.61 Å². The largest absolute Gasteiger partial charge is 0.493 e. The third-order valence-electron chi connectivity index (χ3n) is 9.53. The van der Waals surface area contributed by atoms with Gasteiger partial charge in [0.25, 0.3) is 16.0 Å². The van der Waals surface area contributed by atoms with Crippen molar-refractivity contribution in [1.29, 1.82) is 0 Å². The molecule has 0 unspecified atom stereocenters. The fourth-order valence-electron chi connectivity index (χ4n) is 6.57. The second kappa shape index (κ2) is 18.4. The first kappa shape index (κ1) is 41.6. The van der Waals surface area contributed by atoms with E-state index in [9.17, 15) is 32.4 Å². The second-order valence-electron chi connectivity index (χ2n) is 14.0. The van der Waals surface area contributed by atoms with Gasteiger partial charge in [-0.15, -0.1) is 0 Å². The van der Waals surface area contributed by atoms with Gasteiger partial charge in [-0.3, -0.25) is 28.2 Å². The van der Waals surface area contributed by atoms with E-state index in [1.807, 2.05) is 36.4 Å². The first-order valence-corrected chi connectivity index (χ1v) is 20.1. The smallest absolute Gasteiger partial charge is 0.305 e. The van der Waals surface area contributed by atoms with Gasteiger partial charge in [-0.25, -0.2) is 0 Å². The topological polar surface area (TPSA) is 184 Å². The molecule has 3 aromatic rings. The lowest BCUT2D eigenvalue weighted by Crippen LogP contribution is -2.39. The summed E-state index contributed by atoms with van der Waals surface area (Å²) in [6, 6.07) is 15.2. The summed E-state index contributed by atoms with van der Waals surface area (Å²) < 4.78 is 45.1. The number of nitrogens with one attached hydrogen (secondary N) is 2. The fourth-order valence-corrected chi connectivity index (χ4v) is 6.92. The Labute approximate surface area is 326 Å². The van der Waals surface area contributed by atoms with Crippen molar-refractivity contribution < 1.29 is 50.8 Å². The number of Topliss-reactive ketones (excluding diaryl/α,β-unsaturated/α-hetero) is 1. The number of ether oxygens (including phenoxy) is 3. The van der Waals surface area contributed by atoms with Crippen molar-refractivity contribution in [2.45, 2.75) is 77.7 Å². The summed E-state index contributed by atoms with van der Waals surface area (Å²) in [4.78, 5) is 65.4. The molecule has 2 aliphatic rings. The molecular weight excluding hydrogens is 743 g/mol. The van der Waals surface area contributed by atoms with Gasteiger partial charge in [-0.05, 0) is 84.8 Å². The van der Waals surface area contributed by atoms with E-state index in [4.69, 9.17) is 13.7 Å². The number of esters is 1. The van der Waals surface area contributed by atoms with Crippen molar-refractivity contribution in [1.82, 2.24) is 5.32 Å². The van der Waals surface area contributed by atoms with Crippen LogP contribution in [0.5, 0.6) is 11.5 Å². The van der Waals surface area contributed by atoms with Crippen LogP contribution in [-0.2, 0) is 57.9 Å². The zero-order chi connectivity index (χ0) is 40.6. The second-order valence-corrected chi connectivity index (χ2v) is 15.6. The lowest BCUT2D eigenvalue weighted by molar-refractivity contribution is -0.140. The number of hydrogen-bond donors (Lipinski definition) is 2. The van der Waals surface area contributed by atoms with Crippen LogP contribution < -0.4 is 25.0 Å². The van der Waals surface area contributed by atoms with Crippen molar-refractivity contribution in [2.24, 2.45) is 5.92 Å². The molecule has 3 amide bonds. The van der Waals surface area contributed by atoms with Crippen molar-refractivity contribution >= 4 is 57.0 Å². The highest BCUT2D eigenvalue weighted by Crippen LogP contribution is 2.39. The van der Waals surface area contributed by atoms with E-state index in [0.29, 0.717) is 58.7 Å². The van der Waals surface area contributed by atoms with Crippen molar-refractivity contribution in [3.63, 3.8) is 0 Å². The van der Waals surface area contributed by atoms with Gasteiger partial charge in [0.15, 0.2) is 17.3 Å². The summed E-state index contributed by atoms with van der Waals surface area (Å²) in [6.45, 7) is 2.80. The predicted molar refractivity (Wildman–Crippen MR) is 209 cm³/mol. The standard InChI is InChI=1S/C41H47N3O11S/c1-25(16-35(45)26(2)42-38(46)12-8-9-13-39(47)53-4)40(48)43-31-18-27(17-28(19-31)24-55-56(5,50)51)23-54-37-21-29-14-15-32-20-30-10-6-7-11-34(30)44(32)41(49)33(29)22-36(37)52-3/h6-7,10-11,14-15,17-19,21-22,25-26,32H,8-9,12-13,16,20,23-24H2,1-5H3,(H,42,46)(H,43,48)/t25-,26+,32-/m1/s1. The number of methoxy groups -OCH3 is 2. The maximum atomic E-state index is 13.8. The fraction of sp³-hybridized carbons (Fsp3) is 0.390. The normalized spacial score (nSPS) is 15.4. The third kappa shape index (κ3) is 10.8. The lowest BCUT2D eigenvalue weighted by Gasteiger charge is -2.23. The summed E-state index contributed by atoms with van der Waals surface area (Å²) in [5.74, 6) is -1.73. The van der Waals surface area contributed by atoms with Crippen LogP contribution in [0.15, 0.2) is 60.7 Å². The highest BCUT2D eigenvalue weighted by atomic mass is 32.2. The van der Waals surface area contributed by atoms with Gasteiger partial charge >= 0.3 is 5.97 Å². The van der Waals surface area contributed by atoms with Crippen LogP contribution in [0.4, 0.5) is 11.4 Å². The number of amides is 3. The summed E-state index contributed by atoms with van der Waals surface area (Å²) in [6.07, 6.45) is 6.67. The summed E-state index contributed by atoms with van der Waals surface area (Å²) >= 11 is 0. The number of rotatable bonds is 18. The maximum absolute atomic E-state index is 13.8. The first-order valence-electron chi connectivity index (χ1n) is 18.3. The molecular formula is C41H47N3O11S. The van der Waals surface area contributed by atoms with E-state index in [1.54, 1.807) is 49.1 Å². The quantitative estimate of drug-likeness (QED) is 0.0991. The lowest BCUT2D eigenvalue weighted by atomic mass is 9.99. The monoisotopic (exact) mass is 789 g/mol. The molecule has 0 aromatic heterocycles. The number of benzene rings is 3. The molecule has 0 aliphatic carbocycles. The molecule has 0 saturated heterocycles. The number of anilines is 2. The summed E-state index contributed by atoms with van der Waals surface area (Å²) in [7, 11) is -1.01. The molecule has 298 valence electrons. The molecule has 0 radical (unpaired) electrons. The molecule has 3 aromatic carbocycles. The number of unbranched alkanes of at least 4 members (excludes halogenated alkanes) is 1. The van der Waals surface area contributed by atoms with Gasteiger partial charge in [0, 0.05) is 36.6 Å². The van der Waals surface area contributed by atoms with Crippen molar-refractivity contribution in [3.05, 3.63) is 88.5 Å². The molecule has 0 bridgehead atoms. The highest BCUT2D eigenvalue weighted by Gasteiger charge is 2.35. The number of fused-ring (bicyclic) bond motifs is 4. The average molecular weight is 790 g/mol. The number of carbonyl (C=O) groups excluding carboxylic acids is 5. The van der Waals surface area contributed by atoms with Crippen LogP contribution in [-0.4, -0.2) is 70.5 Å². The van der Waals surface area contributed by atoms with Crippen LogP contribution >= 0.6 is 0 Å². The molecule has 0 fully saturated rings. The van der Waals surface area contributed by atoms with Gasteiger partial charge in [-0.1, -0.05) is 37.3 Å². The van der Waals surface area contributed by atoms with E-state index in [-0.39, 0.29) is 62.1 Å². The number of carbonyl (C=O) groups is 5. The summed E-state index contributed by atoms with van der Waals surface area (Å²) in [5.41, 5.74) is 4.41. The first-order chi connectivity index (χ1) is 26.6. The Morgan fingerprint density at radius 1 is 0.929 bits per heavy atom. The van der Waals surface area contributed by atoms with Crippen molar-refractivity contribution in [3.8, 4) is 11.5 Å². The molecule has 56 heavy (non-hydrogen) atoms. The molecule has 0 spiro atoms. The van der Waals surface area contributed by atoms with Crippen LogP contribution in [0.25, 0.3) is 6.08 Å². The molecule has 2 heterocycles. The third-order valence-corrected chi connectivity index (χ3v) is 10.1. The Morgan fingerprint density at radius 2 is 1.64 bits per heavy atom. The SMILES string of the molecule is COC(=O)CCCCC(=O)N[C@@H](C)C(=O)C[C@@H](C)C(=O)Nc1cc(COc2cc3c(cc2OC)C(=O)N2c4ccccc4C[C@H]2C=C3)cc(COS(C)(=O)=O)c1. The molecule has 15 heteroatoms. The summed E-state index contributed by atoms with van der Waals surface area (Å²) in [5, 5.41) is 5.44. The van der Waals surface area contributed by atoms with Gasteiger partial charge < -0.3 is 29.7 Å². The number of ketones is 1. The van der Waals surface area contributed by atoms with Crippen LogP contribution in [0.3, 0.4) is 0 Å². The van der Waals surface area contributed by atoms with Crippen LogP contribution in [0.1, 0.15) is 78.6 Å². The number of para-hydroxylation sites is 1. The minimum atomic E-state index is -3.79. The zero-order valence-corrected chi connectivity index (χ0v) is 32.9. The Bertz CT molecular complexity index is 2130. The molecule has 5 rings (SSSR count). The van der Waals surface area contributed by atoms with Gasteiger partial charge in [0.05, 0.1) is 44.7 Å². The van der Waals surface area contributed by atoms with E-state index in [0.717, 1.165) is 17.5 Å². The molecule has 2 aliphatic heterocycles. The molecule has 0 saturated carbocycles. The van der Waals surface area contributed by atoms with Crippen LogP contribution in [0.2, 0.25) is 0 Å². The van der Waals surface area contributed by atoms with E-state index in [2.05, 4.69) is 15.4 Å². The minimum absolute atomic E-state index is 0.0293. The molecule has 3 atom stereocenters. The average Bonchev–Trinajstić information content (AvgIpc) is 3.48.